The summed E-state index contributed by atoms with van der Waals surface area (Å²) in [5.74, 6) is -0.0214. The molecule has 1 heterocycles. The van der Waals surface area contributed by atoms with Crippen LogP contribution in [-0.2, 0) is 0 Å². The summed E-state index contributed by atoms with van der Waals surface area (Å²) >= 11 is 5.14. The van der Waals surface area contributed by atoms with Crippen LogP contribution in [0.25, 0.3) is 10.9 Å². The number of thiocarbonyl (C=S) groups is 1. The highest BCUT2D eigenvalue weighted by Crippen LogP contribution is 2.35. The lowest BCUT2D eigenvalue weighted by Crippen LogP contribution is -2.04. The number of hydrogen-bond donors (Lipinski definition) is 3. The van der Waals surface area contributed by atoms with E-state index in [9.17, 15) is 5.11 Å². The average molecular weight is 310 g/mol. The molecule has 0 atom stereocenters. The Morgan fingerprint density at radius 3 is 2.73 bits per heavy atom. The van der Waals surface area contributed by atoms with Gasteiger partial charge in [0.1, 0.15) is 0 Å². The van der Waals surface area contributed by atoms with Crippen LogP contribution in [0.4, 0.5) is 11.4 Å². The molecule has 22 heavy (non-hydrogen) atoms. The van der Waals surface area contributed by atoms with Gasteiger partial charge in [0.15, 0.2) is 5.69 Å². The summed E-state index contributed by atoms with van der Waals surface area (Å²) in [5, 5.41) is 22.0. The number of aryl methyl sites for hydroxylation is 1. The lowest BCUT2D eigenvalue weighted by molar-refractivity contribution is 0.459. The molecule has 3 N–H and O–H groups in total. The molecule has 0 saturated carbocycles. The van der Waals surface area contributed by atoms with Gasteiger partial charge in [0.2, 0.25) is 11.0 Å². The van der Waals surface area contributed by atoms with Crippen LogP contribution in [0, 0.1) is 6.92 Å². The number of rotatable bonds is 2. The largest absolute Gasteiger partial charge is 0.493 e. The molecule has 0 spiro atoms. The van der Waals surface area contributed by atoms with E-state index in [-0.39, 0.29) is 11.0 Å². The third kappa shape index (κ3) is 2.96. The van der Waals surface area contributed by atoms with Crippen molar-refractivity contribution in [1.29, 1.82) is 0 Å². The first kappa shape index (κ1) is 14.2. The maximum absolute atomic E-state index is 9.95. The van der Waals surface area contributed by atoms with Crippen LogP contribution in [0.2, 0.25) is 0 Å². The van der Waals surface area contributed by atoms with Crippen LogP contribution in [0.3, 0.4) is 0 Å². The summed E-state index contributed by atoms with van der Waals surface area (Å²) in [6.45, 7) is 1.98. The molecule has 3 rings (SSSR count). The Morgan fingerprint density at radius 2 is 1.95 bits per heavy atom. The normalized spacial score (nSPS) is 11.1. The van der Waals surface area contributed by atoms with Gasteiger partial charge in [0, 0.05) is 11.1 Å². The summed E-state index contributed by atoms with van der Waals surface area (Å²) in [7, 11) is 0. The summed E-state index contributed by atoms with van der Waals surface area (Å²) in [6, 6.07) is 15.3. The molecule has 0 saturated heterocycles. The number of hydrogen-bond acceptors (Lipinski definition) is 3. The standard InChI is InChI=1S/C16H14N4OS/c1-10-7-8-13-12(9-10)14(15(21)18-13)19-20-16(22)17-11-5-3-2-4-6-11/h2-9,18,21H,1H3,(H,17,22). The number of aromatic hydroxyl groups is 1. The molecule has 0 amide bonds. The van der Waals surface area contributed by atoms with Gasteiger partial charge in [-0.05, 0) is 43.4 Å². The topological polar surface area (TPSA) is 72.8 Å². The number of nitrogens with zero attached hydrogens (tertiary/aromatic N) is 2. The Hall–Kier alpha value is -2.73. The summed E-state index contributed by atoms with van der Waals surface area (Å²) in [5.41, 5.74) is 3.10. The number of nitrogens with one attached hydrogen (secondary N) is 2. The highest BCUT2D eigenvalue weighted by molar-refractivity contribution is 7.80. The van der Waals surface area contributed by atoms with Gasteiger partial charge in [-0.2, -0.15) is 0 Å². The van der Waals surface area contributed by atoms with Crippen molar-refractivity contribution in [3.8, 4) is 5.88 Å². The van der Waals surface area contributed by atoms with Crippen molar-refractivity contribution >= 4 is 39.6 Å². The van der Waals surface area contributed by atoms with E-state index >= 15 is 0 Å². The van der Waals surface area contributed by atoms with E-state index in [0.29, 0.717) is 5.69 Å². The van der Waals surface area contributed by atoms with Crippen LogP contribution in [0.5, 0.6) is 5.88 Å². The lowest BCUT2D eigenvalue weighted by atomic mass is 10.2. The third-order valence-corrected chi connectivity index (χ3v) is 3.36. The van der Waals surface area contributed by atoms with E-state index in [4.69, 9.17) is 12.2 Å². The molecule has 6 heteroatoms. The molecule has 0 fully saturated rings. The predicted octanol–water partition coefficient (Wildman–Crippen LogP) is 4.66. The van der Waals surface area contributed by atoms with E-state index in [1.807, 2.05) is 55.5 Å². The van der Waals surface area contributed by atoms with Gasteiger partial charge < -0.3 is 15.4 Å². The van der Waals surface area contributed by atoms with Crippen molar-refractivity contribution in [2.75, 3.05) is 5.32 Å². The van der Waals surface area contributed by atoms with Gasteiger partial charge in [-0.3, -0.25) is 0 Å². The first-order valence-electron chi connectivity index (χ1n) is 6.72. The SMILES string of the molecule is Cc1ccc2[nH]c(O)c(N=NC(=S)Nc3ccccc3)c2c1. The molecule has 0 bridgehead atoms. The van der Waals surface area contributed by atoms with Crippen molar-refractivity contribution in [3.63, 3.8) is 0 Å². The van der Waals surface area contributed by atoms with Crippen LogP contribution in [-0.4, -0.2) is 15.2 Å². The van der Waals surface area contributed by atoms with Crippen molar-refractivity contribution < 1.29 is 5.11 Å². The number of aromatic nitrogens is 1. The quantitative estimate of drug-likeness (QED) is 0.476. The zero-order valence-electron chi connectivity index (χ0n) is 11.9. The summed E-state index contributed by atoms with van der Waals surface area (Å²) < 4.78 is 0. The second-order valence-corrected chi connectivity index (χ2v) is 5.25. The second-order valence-electron chi connectivity index (χ2n) is 4.87. The fourth-order valence-corrected chi connectivity index (χ4v) is 2.30. The van der Waals surface area contributed by atoms with Gasteiger partial charge in [0.05, 0.1) is 5.52 Å². The molecular formula is C16H14N4OS. The van der Waals surface area contributed by atoms with Crippen molar-refractivity contribution in [3.05, 3.63) is 54.1 Å². The monoisotopic (exact) mass is 310 g/mol. The fraction of sp³-hybridized carbons (Fsp3) is 0.0625. The molecule has 2 aromatic carbocycles. The molecule has 5 nitrogen and oxygen atoms in total. The van der Waals surface area contributed by atoms with Crippen LogP contribution in [0.1, 0.15) is 5.56 Å². The number of benzene rings is 2. The zero-order chi connectivity index (χ0) is 15.5. The first-order valence-corrected chi connectivity index (χ1v) is 7.13. The van der Waals surface area contributed by atoms with E-state index in [1.54, 1.807) is 0 Å². The van der Waals surface area contributed by atoms with Crippen LogP contribution >= 0.6 is 12.2 Å². The third-order valence-electron chi connectivity index (χ3n) is 3.17. The molecule has 0 aliphatic carbocycles. The van der Waals surface area contributed by atoms with E-state index in [1.165, 1.54) is 0 Å². The highest BCUT2D eigenvalue weighted by atomic mass is 32.1. The maximum atomic E-state index is 9.95. The number of aromatic amines is 1. The van der Waals surface area contributed by atoms with E-state index < -0.39 is 0 Å². The van der Waals surface area contributed by atoms with E-state index in [2.05, 4.69) is 20.5 Å². The van der Waals surface area contributed by atoms with Crippen LogP contribution in [0.15, 0.2) is 58.8 Å². The molecule has 1 aromatic heterocycles. The Bertz CT molecular complexity index is 855. The minimum Gasteiger partial charge on any atom is -0.493 e. The zero-order valence-corrected chi connectivity index (χ0v) is 12.7. The number of fused-ring (bicyclic) bond motifs is 1. The molecule has 3 aromatic rings. The Labute approximate surface area is 132 Å². The number of anilines is 1. The minimum absolute atomic E-state index is 0.0214. The number of azo groups is 1. The minimum atomic E-state index is -0.0214. The fourth-order valence-electron chi connectivity index (χ4n) is 2.14. The Kier molecular flexibility index (Phi) is 3.84. The van der Waals surface area contributed by atoms with E-state index in [0.717, 1.165) is 22.2 Å². The molecule has 110 valence electrons. The molecule has 0 unspecified atom stereocenters. The first-order chi connectivity index (χ1) is 10.6. The number of para-hydroxylation sites is 1. The van der Waals surface area contributed by atoms with Crippen molar-refractivity contribution in [1.82, 2.24) is 4.98 Å². The van der Waals surface area contributed by atoms with Gasteiger partial charge in [-0.25, -0.2) is 0 Å². The van der Waals surface area contributed by atoms with Gasteiger partial charge in [-0.1, -0.05) is 29.8 Å². The lowest BCUT2D eigenvalue weighted by Gasteiger charge is -2.01. The smallest absolute Gasteiger partial charge is 0.218 e. The Morgan fingerprint density at radius 1 is 1.18 bits per heavy atom. The Balaban J connectivity index is 1.85. The van der Waals surface area contributed by atoms with Crippen LogP contribution < -0.4 is 5.32 Å². The van der Waals surface area contributed by atoms with Crippen molar-refractivity contribution in [2.24, 2.45) is 10.2 Å². The predicted molar refractivity (Wildman–Crippen MR) is 91.9 cm³/mol. The molecule has 0 aliphatic heterocycles. The summed E-state index contributed by atoms with van der Waals surface area (Å²) in [6.07, 6.45) is 0. The second kappa shape index (κ2) is 5.95. The van der Waals surface area contributed by atoms with Gasteiger partial charge in [0.25, 0.3) is 0 Å². The van der Waals surface area contributed by atoms with Gasteiger partial charge >= 0.3 is 0 Å². The molecular weight excluding hydrogens is 296 g/mol. The van der Waals surface area contributed by atoms with Crippen molar-refractivity contribution in [2.45, 2.75) is 6.92 Å². The maximum Gasteiger partial charge on any atom is 0.218 e. The highest BCUT2D eigenvalue weighted by Gasteiger charge is 2.10. The summed E-state index contributed by atoms with van der Waals surface area (Å²) in [4.78, 5) is 2.87. The average Bonchev–Trinajstić information content (AvgIpc) is 2.81. The number of H-pyrrole nitrogens is 1. The molecule has 0 aliphatic rings. The molecule has 0 radical (unpaired) electrons. The van der Waals surface area contributed by atoms with Gasteiger partial charge in [-0.15, -0.1) is 10.2 Å².